The zero-order valence-corrected chi connectivity index (χ0v) is 12.4. The number of rotatable bonds is 3. The van der Waals surface area contributed by atoms with Gasteiger partial charge in [0.1, 0.15) is 11.6 Å². The lowest BCUT2D eigenvalue weighted by Gasteiger charge is -2.16. The molecule has 0 radical (unpaired) electrons. The molecule has 1 amide bonds. The van der Waals surface area contributed by atoms with Gasteiger partial charge in [0.05, 0.1) is 12.1 Å². The van der Waals surface area contributed by atoms with Gasteiger partial charge in [0.15, 0.2) is 0 Å². The minimum absolute atomic E-state index is 0.125. The van der Waals surface area contributed by atoms with Crippen LogP contribution in [0.1, 0.15) is 15.2 Å². The molecule has 0 aliphatic carbocycles. The molecule has 2 rings (SSSR count). The van der Waals surface area contributed by atoms with E-state index < -0.39 is 17.5 Å². The number of nitrogens with zero attached hydrogens (tertiary/aromatic N) is 1. The standard InChI is InChI=1S/C13H10BrF2NOS/c1-17(6-10-4-8(14)7-19-10)13(18)11-3-2-9(15)5-12(11)16/h2-5,7H,6H2,1H3. The SMILES string of the molecule is CN(Cc1cc(Br)cs1)C(=O)c1ccc(F)cc1F. The Bertz CT molecular complexity index is 614. The third-order valence-corrected chi connectivity index (χ3v) is 4.21. The highest BCUT2D eigenvalue weighted by Gasteiger charge is 2.17. The van der Waals surface area contributed by atoms with Crippen LogP contribution < -0.4 is 0 Å². The smallest absolute Gasteiger partial charge is 0.256 e. The Morgan fingerprint density at radius 2 is 2.11 bits per heavy atom. The molecule has 1 heterocycles. The maximum absolute atomic E-state index is 13.5. The average molecular weight is 346 g/mol. The van der Waals surface area contributed by atoms with Gasteiger partial charge >= 0.3 is 0 Å². The topological polar surface area (TPSA) is 20.3 Å². The summed E-state index contributed by atoms with van der Waals surface area (Å²) in [6, 6.07) is 4.85. The second kappa shape index (κ2) is 5.79. The van der Waals surface area contributed by atoms with Gasteiger partial charge in [0.2, 0.25) is 0 Å². The third-order valence-electron chi connectivity index (χ3n) is 2.52. The van der Waals surface area contributed by atoms with E-state index in [1.165, 1.54) is 16.2 Å². The number of carbonyl (C=O) groups excluding carboxylic acids is 1. The first kappa shape index (κ1) is 14.1. The lowest BCUT2D eigenvalue weighted by Crippen LogP contribution is -2.26. The Hall–Kier alpha value is -1.27. The molecule has 2 nitrogen and oxygen atoms in total. The molecular formula is C13H10BrF2NOS. The number of carbonyl (C=O) groups is 1. The highest BCUT2D eigenvalue weighted by atomic mass is 79.9. The van der Waals surface area contributed by atoms with Crippen LogP contribution in [0, 0.1) is 11.6 Å². The fourth-order valence-corrected chi connectivity index (χ4v) is 3.11. The first-order valence-corrected chi connectivity index (χ1v) is 7.08. The van der Waals surface area contributed by atoms with Crippen LogP contribution in [-0.4, -0.2) is 17.9 Å². The number of amides is 1. The van der Waals surface area contributed by atoms with E-state index in [2.05, 4.69) is 15.9 Å². The Balaban J connectivity index is 2.14. The molecule has 1 aromatic carbocycles. The molecule has 0 fully saturated rings. The number of thiophene rings is 1. The van der Waals surface area contributed by atoms with Gasteiger partial charge < -0.3 is 4.90 Å². The van der Waals surface area contributed by atoms with Crippen molar-refractivity contribution in [1.29, 1.82) is 0 Å². The summed E-state index contributed by atoms with van der Waals surface area (Å²) in [5.41, 5.74) is -0.125. The van der Waals surface area contributed by atoms with Gasteiger partial charge in [-0.1, -0.05) is 0 Å². The molecule has 0 saturated heterocycles. The van der Waals surface area contributed by atoms with E-state index in [1.807, 2.05) is 11.4 Å². The summed E-state index contributed by atoms with van der Waals surface area (Å²) >= 11 is 4.83. The second-order valence-corrected chi connectivity index (χ2v) is 5.93. The Kier molecular flexibility index (Phi) is 4.31. The van der Waals surface area contributed by atoms with Crippen molar-refractivity contribution in [2.75, 3.05) is 7.05 Å². The normalized spacial score (nSPS) is 10.5. The minimum atomic E-state index is -0.843. The third kappa shape index (κ3) is 3.39. The van der Waals surface area contributed by atoms with Crippen molar-refractivity contribution in [3.63, 3.8) is 0 Å². The molecule has 0 bridgehead atoms. The quantitative estimate of drug-likeness (QED) is 0.821. The fourth-order valence-electron chi connectivity index (χ4n) is 1.61. The van der Waals surface area contributed by atoms with Crippen molar-refractivity contribution < 1.29 is 13.6 Å². The zero-order valence-electron chi connectivity index (χ0n) is 9.99. The summed E-state index contributed by atoms with van der Waals surface area (Å²) in [6.45, 7) is 0.381. The fraction of sp³-hybridized carbons (Fsp3) is 0.154. The van der Waals surface area contributed by atoms with Crippen molar-refractivity contribution in [2.45, 2.75) is 6.54 Å². The highest BCUT2D eigenvalue weighted by Crippen LogP contribution is 2.21. The molecule has 2 aromatic rings. The summed E-state index contributed by atoms with van der Waals surface area (Å²) in [5, 5.41) is 1.91. The van der Waals surface area contributed by atoms with Gasteiger partial charge in [-0.25, -0.2) is 8.78 Å². The average Bonchev–Trinajstić information content (AvgIpc) is 2.74. The van der Waals surface area contributed by atoms with Crippen molar-refractivity contribution in [3.8, 4) is 0 Å². The Morgan fingerprint density at radius 3 is 2.68 bits per heavy atom. The van der Waals surface area contributed by atoms with Crippen molar-refractivity contribution in [1.82, 2.24) is 4.90 Å². The van der Waals surface area contributed by atoms with E-state index in [1.54, 1.807) is 7.05 Å². The molecule has 0 aliphatic rings. The largest absolute Gasteiger partial charge is 0.336 e. The molecule has 19 heavy (non-hydrogen) atoms. The lowest BCUT2D eigenvalue weighted by molar-refractivity contribution is 0.0781. The summed E-state index contributed by atoms with van der Waals surface area (Å²) in [5.74, 6) is -2.01. The van der Waals surface area contributed by atoms with Crippen molar-refractivity contribution in [3.05, 3.63) is 56.2 Å². The molecule has 0 spiro atoms. The summed E-state index contributed by atoms with van der Waals surface area (Å²) in [6.07, 6.45) is 0. The van der Waals surface area contributed by atoms with Crippen LogP contribution in [0.5, 0.6) is 0 Å². The maximum Gasteiger partial charge on any atom is 0.256 e. The predicted octanol–water partition coefficient (Wildman–Crippen LogP) is 4.06. The van der Waals surface area contributed by atoms with Crippen LogP contribution in [0.25, 0.3) is 0 Å². The van der Waals surface area contributed by atoms with E-state index in [-0.39, 0.29) is 5.56 Å². The molecular weight excluding hydrogens is 336 g/mol. The van der Waals surface area contributed by atoms with Gasteiger partial charge in [0, 0.05) is 27.8 Å². The molecule has 0 saturated carbocycles. The summed E-state index contributed by atoms with van der Waals surface area (Å²) in [7, 11) is 1.58. The molecule has 6 heteroatoms. The Morgan fingerprint density at radius 1 is 1.37 bits per heavy atom. The van der Waals surface area contributed by atoms with E-state index in [0.29, 0.717) is 12.6 Å². The molecule has 0 atom stereocenters. The Labute approximate surface area is 121 Å². The van der Waals surface area contributed by atoms with Crippen LogP contribution in [-0.2, 0) is 6.54 Å². The van der Waals surface area contributed by atoms with Gasteiger partial charge in [-0.05, 0) is 34.1 Å². The first-order valence-electron chi connectivity index (χ1n) is 5.41. The zero-order chi connectivity index (χ0) is 14.0. The van der Waals surface area contributed by atoms with Crippen LogP contribution in [0.3, 0.4) is 0 Å². The highest BCUT2D eigenvalue weighted by molar-refractivity contribution is 9.10. The van der Waals surface area contributed by atoms with Crippen molar-refractivity contribution >= 4 is 33.2 Å². The number of benzene rings is 1. The summed E-state index contributed by atoms with van der Waals surface area (Å²) in [4.78, 5) is 14.4. The van der Waals surface area contributed by atoms with Gasteiger partial charge in [-0.15, -0.1) is 11.3 Å². The predicted molar refractivity (Wildman–Crippen MR) is 74.2 cm³/mol. The van der Waals surface area contributed by atoms with E-state index in [4.69, 9.17) is 0 Å². The van der Waals surface area contributed by atoms with Gasteiger partial charge in [-0.2, -0.15) is 0 Å². The first-order chi connectivity index (χ1) is 8.97. The molecule has 100 valence electrons. The van der Waals surface area contributed by atoms with E-state index >= 15 is 0 Å². The van der Waals surface area contributed by atoms with E-state index in [0.717, 1.165) is 21.5 Å². The van der Waals surface area contributed by atoms with Gasteiger partial charge in [-0.3, -0.25) is 4.79 Å². The second-order valence-electron chi connectivity index (χ2n) is 4.02. The molecule has 0 unspecified atom stereocenters. The molecule has 0 aliphatic heterocycles. The number of hydrogen-bond donors (Lipinski definition) is 0. The van der Waals surface area contributed by atoms with Crippen LogP contribution in [0.4, 0.5) is 8.78 Å². The molecule has 1 aromatic heterocycles. The summed E-state index contributed by atoms with van der Waals surface area (Å²) < 4.78 is 27.3. The number of halogens is 3. The number of hydrogen-bond acceptors (Lipinski definition) is 2. The van der Waals surface area contributed by atoms with E-state index in [9.17, 15) is 13.6 Å². The maximum atomic E-state index is 13.5. The minimum Gasteiger partial charge on any atom is -0.336 e. The van der Waals surface area contributed by atoms with Crippen LogP contribution in [0.15, 0.2) is 34.1 Å². The van der Waals surface area contributed by atoms with Crippen LogP contribution in [0.2, 0.25) is 0 Å². The monoisotopic (exact) mass is 345 g/mol. The van der Waals surface area contributed by atoms with Crippen molar-refractivity contribution in [2.24, 2.45) is 0 Å². The lowest BCUT2D eigenvalue weighted by atomic mass is 10.2. The van der Waals surface area contributed by atoms with Crippen LogP contribution >= 0.6 is 27.3 Å². The molecule has 0 N–H and O–H groups in total. The van der Waals surface area contributed by atoms with Gasteiger partial charge in [0.25, 0.3) is 5.91 Å².